The van der Waals surface area contributed by atoms with Gasteiger partial charge in [0.2, 0.25) is 0 Å². The standard InChI is InChI=1S/C11H18N2O/c1-2-9-7-12-13(8-9)10-5-3-4-6-11(10)14/h7-8,10-11,14H,2-6H2,1H3/t10?,11-/m0/s1. The van der Waals surface area contributed by atoms with Gasteiger partial charge in [0, 0.05) is 6.20 Å². The van der Waals surface area contributed by atoms with Crippen molar-refractivity contribution in [2.45, 2.75) is 51.2 Å². The van der Waals surface area contributed by atoms with Crippen molar-refractivity contribution in [1.29, 1.82) is 0 Å². The van der Waals surface area contributed by atoms with E-state index in [1.165, 1.54) is 12.0 Å². The molecule has 1 aliphatic rings. The number of nitrogens with zero attached hydrogens (tertiary/aromatic N) is 2. The molecule has 0 aliphatic heterocycles. The van der Waals surface area contributed by atoms with Gasteiger partial charge in [0.1, 0.15) is 0 Å². The highest BCUT2D eigenvalue weighted by Gasteiger charge is 2.24. The molecule has 1 unspecified atom stereocenters. The first-order valence-corrected chi connectivity index (χ1v) is 5.52. The zero-order chi connectivity index (χ0) is 9.97. The third kappa shape index (κ3) is 1.82. The van der Waals surface area contributed by atoms with Crippen molar-refractivity contribution in [3.63, 3.8) is 0 Å². The van der Waals surface area contributed by atoms with Gasteiger partial charge >= 0.3 is 0 Å². The predicted molar refractivity (Wildman–Crippen MR) is 55.1 cm³/mol. The molecule has 1 aliphatic carbocycles. The maximum absolute atomic E-state index is 9.84. The van der Waals surface area contributed by atoms with Crippen LogP contribution in [-0.2, 0) is 6.42 Å². The first kappa shape index (κ1) is 9.71. The monoisotopic (exact) mass is 194 g/mol. The molecule has 0 spiro atoms. The lowest BCUT2D eigenvalue weighted by Gasteiger charge is -2.27. The lowest BCUT2D eigenvalue weighted by atomic mass is 9.93. The fraction of sp³-hybridized carbons (Fsp3) is 0.727. The maximum Gasteiger partial charge on any atom is 0.0778 e. The highest BCUT2D eigenvalue weighted by Crippen LogP contribution is 2.28. The minimum atomic E-state index is -0.201. The molecule has 0 radical (unpaired) electrons. The molecule has 14 heavy (non-hydrogen) atoms. The zero-order valence-electron chi connectivity index (χ0n) is 8.69. The van der Waals surface area contributed by atoms with Crippen LogP contribution in [0.15, 0.2) is 12.4 Å². The van der Waals surface area contributed by atoms with Gasteiger partial charge in [-0.05, 0) is 24.8 Å². The Balaban J connectivity index is 2.12. The van der Waals surface area contributed by atoms with Crippen molar-refractivity contribution < 1.29 is 5.11 Å². The minimum absolute atomic E-state index is 0.201. The van der Waals surface area contributed by atoms with Crippen LogP contribution in [0.5, 0.6) is 0 Å². The summed E-state index contributed by atoms with van der Waals surface area (Å²) in [6, 6.07) is 0.212. The molecule has 1 heterocycles. The molecule has 0 amide bonds. The van der Waals surface area contributed by atoms with Gasteiger partial charge in [-0.25, -0.2) is 0 Å². The van der Waals surface area contributed by atoms with Crippen LogP contribution in [0, 0.1) is 0 Å². The van der Waals surface area contributed by atoms with E-state index in [2.05, 4.69) is 18.2 Å². The van der Waals surface area contributed by atoms with Crippen molar-refractivity contribution >= 4 is 0 Å². The minimum Gasteiger partial charge on any atom is -0.391 e. The summed E-state index contributed by atoms with van der Waals surface area (Å²) in [4.78, 5) is 0. The van der Waals surface area contributed by atoms with E-state index in [0.717, 1.165) is 25.7 Å². The first-order valence-electron chi connectivity index (χ1n) is 5.52. The second kappa shape index (κ2) is 4.13. The van der Waals surface area contributed by atoms with Crippen LogP contribution in [-0.4, -0.2) is 21.0 Å². The van der Waals surface area contributed by atoms with Crippen molar-refractivity contribution in [3.8, 4) is 0 Å². The van der Waals surface area contributed by atoms with Crippen LogP contribution in [0.25, 0.3) is 0 Å². The summed E-state index contributed by atoms with van der Waals surface area (Å²) in [6.07, 6.45) is 9.14. The molecule has 1 N–H and O–H groups in total. The van der Waals surface area contributed by atoms with E-state index in [1.54, 1.807) is 0 Å². The lowest BCUT2D eigenvalue weighted by Crippen LogP contribution is -2.27. The Hall–Kier alpha value is -0.830. The van der Waals surface area contributed by atoms with E-state index in [4.69, 9.17) is 0 Å². The third-order valence-corrected chi connectivity index (χ3v) is 3.10. The molecule has 1 fully saturated rings. The highest BCUT2D eigenvalue weighted by molar-refractivity contribution is 5.04. The van der Waals surface area contributed by atoms with E-state index >= 15 is 0 Å². The maximum atomic E-state index is 9.84. The van der Waals surface area contributed by atoms with E-state index in [1.807, 2.05) is 10.9 Å². The summed E-state index contributed by atoms with van der Waals surface area (Å²) in [5.41, 5.74) is 1.25. The third-order valence-electron chi connectivity index (χ3n) is 3.10. The second-order valence-electron chi connectivity index (χ2n) is 4.10. The van der Waals surface area contributed by atoms with Gasteiger partial charge in [-0.2, -0.15) is 5.10 Å². The Morgan fingerprint density at radius 2 is 2.29 bits per heavy atom. The molecule has 3 heteroatoms. The molecular weight excluding hydrogens is 176 g/mol. The fourth-order valence-corrected chi connectivity index (χ4v) is 2.14. The Labute approximate surface area is 84.7 Å². The van der Waals surface area contributed by atoms with Gasteiger partial charge < -0.3 is 5.11 Å². The number of hydrogen-bond donors (Lipinski definition) is 1. The smallest absolute Gasteiger partial charge is 0.0778 e. The predicted octanol–water partition coefficient (Wildman–Crippen LogP) is 1.92. The Bertz CT molecular complexity index is 295. The molecule has 0 saturated heterocycles. The molecule has 3 nitrogen and oxygen atoms in total. The van der Waals surface area contributed by atoms with Crippen LogP contribution in [0.3, 0.4) is 0 Å². The molecule has 1 aromatic heterocycles. The number of hydrogen-bond acceptors (Lipinski definition) is 2. The Morgan fingerprint density at radius 3 is 2.93 bits per heavy atom. The zero-order valence-corrected chi connectivity index (χ0v) is 8.69. The normalized spacial score (nSPS) is 27.9. The molecule has 2 atom stereocenters. The summed E-state index contributed by atoms with van der Waals surface area (Å²) in [5.74, 6) is 0. The fourth-order valence-electron chi connectivity index (χ4n) is 2.14. The molecule has 1 saturated carbocycles. The highest BCUT2D eigenvalue weighted by atomic mass is 16.3. The average molecular weight is 194 g/mol. The first-order chi connectivity index (χ1) is 6.81. The molecular formula is C11H18N2O. The summed E-state index contributed by atoms with van der Waals surface area (Å²) < 4.78 is 1.95. The van der Waals surface area contributed by atoms with Gasteiger partial charge in [0.15, 0.2) is 0 Å². The number of aliphatic hydroxyl groups is 1. The molecule has 2 rings (SSSR count). The number of aromatic nitrogens is 2. The molecule has 0 bridgehead atoms. The molecule has 0 aromatic carbocycles. The lowest BCUT2D eigenvalue weighted by molar-refractivity contribution is 0.0694. The van der Waals surface area contributed by atoms with Crippen molar-refractivity contribution in [3.05, 3.63) is 18.0 Å². The number of aryl methyl sites for hydroxylation is 1. The van der Waals surface area contributed by atoms with Gasteiger partial charge in [0.05, 0.1) is 18.3 Å². The summed E-state index contributed by atoms with van der Waals surface area (Å²) in [6.45, 7) is 2.12. The van der Waals surface area contributed by atoms with Crippen LogP contribution in [0.2, 0.25) is 0 Å². The summed E-state index contributed by atoms with van der Waals surface area (Å²) in [7, 11) is 0. The molecule has 1 aromatic rings. The van der Waals surface area contributed by atoms with Crippen molar-refractivity contribution in [2.75, 3.05) is 0 Å². The van der Waals surface area contributed by atoms with E-state index in [-0.39, 0.29) is 12.1 Å². The van der Waals surface area contributed by atoms with Crippen molar-refractivity contribution in [2.24, 2.45) is 0 Å². The second-order valence-corrected chi connectivity index (χ2v) is 4.10. The SMILES string of the molecule is CCc1cnn(C2CCCC[C@@H]2O)c1. The quantitative estimate of drug-likeness (QED) is 0.781. The van der Waals surface area contributed by atoms with Gasteiger partial charge in [0.25, 0.3) is 0 Å². The number of aliphatic hydroxyl groups excluding tert-OH is 1. The van der Waals surface area contributed by atoms with E-state index < -0.39 is 0 Å². The Morgan fingerprint density at radius 1 is 1.50 bits per heavy atom. The van der Waals surface area contributed by atoms with Crippen LogP contribution >= 0.6 is 0 Å². The topological polar surface area (TPSA) is 38.0 Å². The van der Waals surface area contributed by atoms with Gasteiger partial charge in [-0.15, -0.1) is 0 Å². The summed E-state index contributed by atoms with van der Waals surface area (Å²) >= 11 is 0. The van der Waals surface area contributed by atoms with Crippen LogP contribution in [0.4, 0.5) is 0 Å². The van der Waals surface area contributed by atoms with Crippen molar-refractivity contribution in [1.82, 2.24) is 9.78 Å². The number of rotatable bonds is 2. The van der Waals surface area contributed by atoms with E-state index in [9.17, 15) is 5.11 Å². The largest absolute Gasteiger partial charge is 0.391 e. The summed E-state index contributed by atoms with van der Waals surface area (Å²) in [5, 5.41) is 14.2. The van der Waals surface area contributed by atoms with E-state index in [0.29, 0.717) is 0 Å². The van der Waals surface area contributed by atoms with Gasteiger partial charge in [-0.1, -0.05) is 19.8 Å². The van der Waals surface area contributed by atoms with Crippen LogP contribution in [0.1, 0.15) is 44.2 Å². The average Bonchev–Trinajstić information content (AvgIpc) is 2.67. The van der Waals surface area contributed by atoms with Crippen LogP contribution < -0.4 is 0 Å². The Kier molecular flexibility index (Phi) is 2.87. The molecule has 78 valence electrons. The van der Waals surface area contributed by atoms with Gasteiger partial charge in [-0.3, -0.25) is 4.68 Å².